The number of rotatable bonds is 6. The van der Waals surface area contributed by atoms with Crippen molar-refractivity contribution in [1.82, 2.24) is 9.97 Å². The van der Waals surface area contributed by atoms with Crippen LogP contribution in [-0.2, 0) is 4.74 Å². The molecule has 1 rings (SSSR count). The molecule has 0 spiro atoms. The fraction of sp³-hybridized carbons (Fsp3) is 0.636. The number of nitrogen functional groups attached to an aromatic ring is 1. The first-order valence-corrected chi connectivity index (χ1v) is 5.75. The van der Waals surface area contributed by atoms with E-state index < -0.39 is 0 Å². The van der Waals surface area contributed by atoms with Gasteiger partial charge in [0.15, 0.2) is 0 Å². The molecule has 0 aliphatic carbocycles. The third-order valence-corrected chi connectivity index (χ3v) is 2.40. The van der Waals surface area contributed by atoms with Crippen molar-refractivity contribution in [3.05, 3.63) is 11.4 Å². The fourth-order valence-electron chi connectivity index (χ4n) is 1.52. The second-order valence-electron chi connectivity index (χ2n) is 3.88. The second-order valence-corrected chi connectivity index (χ2v) is 3.88. The summed E-state index contributed by atoms with van der Waals surface area (Å²) < 4.78 is 5.44. The molecule has 0 radical (unpaired) electrons. The quantitative estimate of drug-likeness (QED) is 0.511. The molecule has 17 heavy (non-hydrogen) atoms. The summed E-state index contributed by atoms with van der Waals surface area (Å²) in [5.41, 5.74) is 3.47. The first-order valence-electron chi connectivity index (χ1n) is 5.75. The Kier molecular flexibility index (Phi) is 5.11. The second kappa shape index (κ2) is 6.36. The van der Waals surface area contributed by atoms with E-state index in [0.29, 0.717) is 24.8 Å². The molecule has 0 aromatic carbocycles. The SMILES string of the molecule is CCOC(C)CNc1nc(C)nc(NN)c1C. The van der Waals surface area contributed by atoms with Crippen molar-refractivity contribution < 1.29 is 4.74 Å². The Morgan fingerprint density at radius 1 is 1.29 bits per heavy atom. The van der Waals surface area contributed by atoms with Gasteiger partial charge in [-0.1, -0.05) is 0 Å². The van der Waals surface area contributed by atoms with Crippen LogP contribution < -0.4 is 16.6 Å². The van der Waals surface area contributed by atoms with Gasteiger partial charge >= 0.3 is 0 Å². The van der Waals surface area contributed by atoms with Gasteiger partial charge in [0.1, 0.15) is 17.5 Å². The topological polar surface area (TPSA) is 85.1 Å². The van der Waals surface area contributed by atoms with E-state index >= 15 is 0 Å². The van der Waals surface area contributed by atoms with E-state index in [4.69, 9.17) is 10.6 Å². The third kappa shape index (κ3) is 3.83. The minimum atomic E-state index is 0.143. The number of anilines is 2. The fourth-order valence-corrected chi connectivity index (χ4v) is 1.52. The average molecular weight is 239 g/mol. The predicted octanol–water partition coefficient (Wildman–Crippen LogP) is 1.22. The van der Waals surface area contributed by atoms with Gasteiger partial charge in [-0.15, -0.1) is 0 Å². The Balaban J connectivity index is 2.73. The van der Waals surface area contributed by atoms with Crippen LogP contribution in [0.1, 0.15) is 25.2 Å². The van der Waals surface area contributed by atoms with Crippen LogP contribution in [0.3, 0.4) is 0 Å². The molecule has 0 fully saturated rings. The maximum absolute atomic E-state index is 5.44. The van der Waals surface area contributed by atoms with Gasteiger partial charge < -0.3 is 15.5 Å². The monoisotopic (exact) mass is 239 g/mol. The van der Waals surface area contributed by atoms with Crippen molar-refractivity contribution in [2.24, 2.45) is 5.84 Å². The highest BCUT2D eigenvalue weighted by Gasteiger charge is 2.09. The van der Waals surface area contributed by atoms with E-state index in [1.807, 2.05) is 27.7 Å². The summed E-state index contributed by atoms with van der Waals surface area (Å²) in [5.74, 6) is 7.51. The van der Waals surface area contributed by atoms with Crippen molar-refractivity contribution in [3.63, 3.8) is 0 Å². The molecule has 1 aromatic heterocycles. The average Bonchev–Trinajstić information content (AvgIpc) is 2.30. The van der Waals surface area contributed by atoms with Crippen LogP contribution >= 0.6 is 0 Å². The van der Waals surface area contributed by atoms with Crippen molar-refractivity contribution in [3.8, 4) is 0 Å². The number of nitrogens with two attached hydrogens (primary N) is 1. The summed E-state index contributed by atoms with van der Waals surface area (Å²) in [7, 11) is 0. The number of ether oxygens (including phenoxy) is 1. The molecule has 0 bridgehead atoms. The normalized spacial score (nSPS) is 12.3. The van der Waals surface area contributed by atoms with Gasteiger partial charge in [0.05, 0.1) is 6.10 Å². The molecule has 6 nitrogen and oxygen atoms in total. The van der Waals surface area contributed by atoms with E-state index in [1.54, 1.807) is 0 Å². The Bertz CT molecular complexity index is 369. The Labute approximate surface area is 102 Å². The molecule has 1 aromatic rings. The predicted molar refractivity (Wildman–Crippen MR) is 68.9 cm³/mol. The Morgan fingerprint density at radius 3 is 2.53 bits per heavy atom. The van der Waals surface area contributed by atoms with Crippen molar-refractivity contribution in [2.45, 2.75) is 33.8 Å². The van der Waals surface area contributed by atoms with Crippen LogP contribution in [0.5, 0.6) is 0 Å². The maximum Gasteiger partial charge on any atom is 0.148 e. The lowest BCUT2D eigenvalue weighted by Crippen LogP contribution is -2.21. The summed E-state index contributed by atoms with van der Waals surface area (Å²) in [6.07, 6.45) is 0.143. The summed E-state index contributed by atoms with van der Waals surface area (Å²) >= 11 is 0. The zero-order valence-electron chi connectivity index (χ0n) is 10.9. The molecule has 1 heterocycles. The highest BCUT2D eigenvalue weighted by molar-refractivity contribution is 5.56. The van der Waals surface area contributed by atoms with Crippen LogP contribution in [0, 0.1) is 13.8 Å². The van der Waals surface area contributed by atoms with Gasteiger partial charge in [0.25, 0.3) is 0 Å². The standard InChI is InChI=1S/C11H21N5O/c1-5-17-7(2)6-13-10-8(3)11(16-12)15-9(4)14-10/h7H,5-6,12H2,1-4H3,(H2,13,14,15,16). The van der Waals surface area contributed by atoms with Crippen LogP contribution in [-0.4, -0.2) is 29.2 Å². The van der Waals surface area contributed by atoms with Crippen molar-refractivity contribution in [2.75, 3.05) is 23.9 Å². The molecule has 1 atom stereocenters. The van der Waals surface area contributed by atoms with Gasteiger partial charge in [0.2, 0.25) is 0 Å². The zero-order chi connectivity index (χ0) is 12.8. The van der Waals surface area contributed by atoms with Gasteiger partial charge in [0, 0.05) is 18.7 Å². The van der Waals surface area contributed by atoms with Crippen LogP contribution in [0.15, 0.2) is 0 Å². The molecule has 96 valence electrons. The molecule has 0 saturated heterocycles. The Morgan fingerprint density at radius 2 is 1.94 bits per heavy atom. The summed E-state index contributed by atoms with van der Waals surface area (Å²) in [4.78, 5) is 8.54. The summed E-state index contributed by atoms with van der Waals surface area (Å²) in [6, 6.07) is 0. The number of hydrazine groups is 1. The summed E-state index contributed by atoms with van der Waals surface area (Å²) in [5, 5.41) is 3.24. The van der Waals surface area contributed by atoms with Crippen molar-refractivity contribution >= 4 is 11.6 Å². The molecule has 4 N–H and O–H groups in total. The molecule has 0 aliphatic rings. The molecular weight excluding hydrogens is 218 g/mol. The van der Waals surface area contributed by atoms with Gasteiger partial charge in [-0.25, -0.2) is 15.8 Å². The van der Waals surface area contributed by atoms with E-state index in [0.717, 1.165) is 11.4 Å². The lowest BCUT2D eigenvalue weighted by Gasteiger charge is -2.16. The maximum atomic E-state index is 5.44. The molecule has 6 heteroatoms. The van der Waals surface area contributed by atoms with Crippen LogP contribution in [0.2, 0.25) is 0 Å². The van der Waals surface area contributed by atoms with E-state index in [-0.39, 0.29) is 6.10 Å². The van der Waals surface area contributed by atoms with Gasteiger partial charge in [-0.3, -0.25) is 0 Å². The van der Waals surface area contributed by atoms with E-state index in [2.05, 4.69) is 20.7 Å². The van der Waals surface area contributed by atoms with Crippen LogP contribution in [0.25, 0.3) is 0 Å². The number of nitrogens with zero attached hydrogens (tertiary/aromatic N) is 2. The molecule has 0 saturated carbocycles. The molecular formula is C11H21N5O. The number of hydrogen-bond acceptors (Lipinski definition) is 6. The first kappa shape index (κ1) is 13.7. The van der Waals surface area contributed by atoms with E-state index in [1.165, 1.54) is 0 Å². The smallest absolute Gasteiger partial charge is 0.148 e. The zero-order valence-corrected chi connectivity index (χ0v) is 10.9. The largest absolute Gasteiger partial charge is 0.377 e. The minimum absolute atomic E-state index is 0.143. The molecule has 1 unspecified atom stereocenters. The number of hydrogen-bond donors (Lipinski definition) is 3. The lowest BCUT2D eigenvalue weighted by molar-refractivity contribution is 0.0854. The van der Waals surface area contributed by atoms with E-state index in [9.17, 15) is 0 Å². The number of nitrogens with one attached hydrogen (secondary N) is 2. The highest BCUT2D eigenvalue weighted by Crippen LogP contribution is 2.18. The summed E-state index contributed by atoms with van der Waals surface area (Å²) in [6.45, 7) is 9.16. The lowest BCUT2D eigenvalue weighted by atomic mass is 10.3. The van der Waals surface area contributed by atoms with Crippen LogP contribution in [0.4, 0.5) is 11.6 Å². The first-order chi connectivity index (χ1) is 8.08. The Hall–Kier alpha value is -1.40. The van der Waals surface area contributed by atoms with Crippen molar-refractivity contribution in [1.29, 1.82) is 0 Å². The highest BCUT2D eigenvalue weighted by atomic mass is 16.5. The number of aryl methyl sites for hydroxylation is 1. The number of aromatic nitrogens is 2. The van der Waals surface area contributed by atoms with Gasteiger partial charge in [-0.2, -0.15) is 0 Å². The third-order valence-electron chi connectivity index (χ3n) is 2.40. The van der Waals surface area contributed by atoms with Gasteiger partial charge in [-0.05, 0) is 27.7 Å². The molecule has 0 aliphatic heterocycles. The minimum Gasteiger partial charge on any atom is -0.377 e. The molecule has 0 amide bonds.